The van der Waals surface area contributed by atoms with Gasteiger partial charge >= 0.3 is 0 Å². The summed E-state index contributed by atoms with van der Waals surface area (Å²) in [7, 11) is 0. The molecule has 2 atom stereocenters. The quantitative estimate of drug-likeness (QED) is 0.370. The number of para-hydroxylation sites is 2. The first-order chi connectivity index (χ1) is 17.2. The number of hydrogen-bond donors (Lipinski definition) is 1. The number of aryl methyl sites for hydroxylation is 1. The number of aromatic nitrogens is 2. The summed E-state index contributed by atoms with van der Waals surface area (Å²) in [4.78, 5) is 7.76. The van der Waals surface area contributed by atoms with E-state index in [2.05, 4.69) is 77.2 Å². The maximum Gasteiger partial charge on any atom is 0.119 e. The summed E-state index contributed by atoms with van der Waals surface area (Å²) in [5.41, 5.74) is 4.19. The number of ether oxygens (including phenoxy) is 1. The second-order valence-electron chi connectivity index (χ2n) is 11.0. The topological polar surface area (TPSA) is 42.3 Å². The Hall–Kier alpha value is -1.79. The molecule has 3 aliphatic heterocycles. The van der Waals surface area contributed by atoms with Crippen LogP contribution in [0.25, 0.3) is 11.0 Å². The van der Waals surface area contributed by atoms with Gasteiger partial charge in [-0.1, -0.05) is 24.3 Å². The van der Waals surface area contributed by atoms with E-state index in [0.717, 1.165) is 31.0 Å². The highest BCUT2D eigenvalue weighted by Gasteiger charge is 2.43. The molecule has 0 amide bonds. The number of piperidine rings is 2. The van der Waals surface area contributed by atoms with E-state index in [1.807, 2.05) is 0 Å². The van der Waals surface area contributed by atoms with E-state index < -0.39 is 0 Å². The minimum absolute atomic E-state index is 0. The van der Waals surface area contributed by atoms with Crippen molar-refractivity contribution in [2.75, 3.05) is 26.2 Å². The Morgan fingerprint density at radius 3 is 2.43 bits per heavy atom. The van der Waals surface area contributed by atoms with Crippen molar-refractivity contribution in [3.05, 3.63) is 59.9 Å². The van der Waals surface area contributed by atoms with Crippen LogP contribution in [0.5, 0.6) is 5.75 Å². The molecule has 1 aromatic heterocycles. The highest BCUT2D eigenvalue weighted by Crippen LogP contribution is 2.44. The Bertz CT molecular complexity index is 1160. The van der Waals surface area contributed by atoms with Crippen LogP contribution in [0.1, 0.15) is 69.3 Å². The third-order valence-corrected chi connectivity index (χ3v) is 9.16. The molecule has 2 aromatic carbocycles. The van der Waals surface area contributed by atoms with Crippen LogP contribution in [0, 0.1) is 6.92 Å². The molecule has 6 rings (SSSR count). The molecule has 37 heavy (non-hydrogen) atoms. The van der Waals surface area contributed by atoms with Crippen molar-refractivity contribution in [3.63, 3.8) is 0 Å². The monoisotopic (exact) mass is 544 g/mol. The van der Waals surface area contributed by atoms with Crippen LogP contribution in [-0.4, -0.2) is 52.8 Å². The molecule has 5 nitrogen and oxygen atoms in total. The van der Waals surface area contributed by atoms with Gasteiger partial charge in [0.05, 0.1) is 17.6 Å². The van der Waals surface area contributed by atoms with Gasteiger partial charge in [0.2, 0.25) is 0 Å². The first-order valence-electron chi connectivity index (χ1n) is 13.8. The van der Waals surface area contributed by atoms with Crippen molar-refractivity contribution in [3.8, 4) is 5.75 Å². The molecular formula is C30H42Cl2N4O. The highest BCUT2D eigenvalue weighted by molar-refractivity contribution is 5.85. The molecular weight excluding hydrogens is 503 g/mol. The van der Waals surface area contributed by atoms with Crippen LogP contribution < -0.4 is 10.1 Å². The molecule has 2 unspecified atom stereocenters. The lowest BCUT2D eigenvalue weighted by molar-refractivity contribution is 0.0928. The van der Waals surface area contributed by atoms with Crippen molar-refractivity contribution in [1.82, 2.24) is 19.8 Å². The molecule has 202 valence electrons. The SMILES string of the molecule is CCOc1cccc(C2(CCN3C4CCC3CC(n3c(C)nc5ccccc53)C4)CCNCC2)c1.Cl.Cl. The molecule has 7 heteroatoms. The Labute approximate surface area is 234 Å². The molecule has 0 saturated carbocycles. The van der Waals surface area contributed by atoms with Crippen molar-refractivity contribution in [2.45, 2.75) is 82.3 Å². The zero-order valence-electron chi connectivity index (χ0n) is 22.2. The van der Waals surface area contributed by atoms with Crippen molar-refractivity contribution in [2.24, 2.45) is 0 Å². The van der Waals surface area contributed by atoms with E-state index in [0.29, 0.717) is 18.1 Å². The molecule has 4 heterocycles. The number of nitrogens with zero attached hydrogens (tertiary/aromatic N) is 3. The number of imidazole rings is 1. The number of halogens is 2. The third-order valence-electron chi connectivity index (χ3n) is 9.16. The fourth-order valence-corrected chi connectivity index (χ4v) is 7.46. The van der Waals surface area contributed by atoms with E-state index in [1.54, 1.807) is 0 Å². The number of nitrogens with one attached hydrogen (secondary N) is 1. The van der Waals surface area contributed by atoms with Gasteiger partial charge < -0.3 is 14.6 Å². The van der Waals surface area contributed by atoms with Crippen molar-refractivity contribution < 1.29 is 4.74 Å². The zero-order valence-corrected chi connectivity index (χ0v) is 23.8. The van der Waals surface area contributed by atoms with Gasteiger partial charge in [0.1, 0.15) is 11.6 Å². The Morgan fingerprint density at radius 2 is 1.70 bits per heavy atom. The molecule has 0 aliphatic carbocycles. The summed E-state index contributed by atoms with van der Waals surface area (Å²) in [6.45, 7) is 8.42. The summed E-state index contributed by atoms with van der Waals surface area (Å²) >= 11 is 0. The van der Waals surface area contributed by atoms with E-state index >= 15 is 0 Å². The number of fused-ring (bicyclic) bond motifs is 3. The summed E-state index contributed by atoms with van der Waals surface area (Å²) in [5, 5.41) is 3.60. The van der Waals surface area contributed by atoms with Crippen LogP contribution in [0.2, 0.25) is 0 Å². The number of benzene rings is 2. The van der Waals surface area contributed by atoms with Gasteiger partial charge in [-0.25, -0.2) is 4.98 Å². The Balaban J connectivity index is 0.00000160. The average molecular weight is 546 g/mol. The summed E-state index contributed by atoms with van der Waals surface area (Å²) in [6, 6.07) is 19.6. The van der Waals surface area contributed by atoms with Crippen molar-refractivity contribution in [1.29, 1.82) is 0 Å². The van der Waals surface area contributed by atoms with Gasteiger partial charge in [-0.2, -0.15) is 0 Å². The van der Waals surface area contributed by atoms with Gasteiger partial charge in [-0.05, 0) is 114 Å². The molecule has 3 saturated heterocycles. The van der Waals surface area contributed by atoms with Crippen LogP contribution in [0.3, 0.4) is 0 Å². The predicted molar refractivity (Wildman–Crippen MR) is 157 cm³/mol. The second-order valence-corrected chi connectivity index (χ2v) is 11.0. The molecule has 3 aliphatic rings. The third kappa shape index (κ3) is 5.38. The summed E-state index contributed by atoms with van der Waals surface area (Å²) in [5.74, 6) is 2.19. The summed E-state index contributed by atoms with van der Waals surface area (Å²) in [6.07, 6.45) is 8.89. The number of rotatable bonds is 7. The lowest BCUT2D eigenvalue weighted by Gasteiger charge is -2.44. The number of hydrogen-bond acceptors (Lipinski definition) is 4. The first kappa shape index (κ1) is 28.2. The predicted octanol–water partition coefficient (Wildman–Crippen LogP) is 6.47. The first-order valence-corrected chi connectivity index (χ1v) is 13.8. The maximum absolute atomic E-state index is 5.87. The lowest BCUT2D eigenvalue weighted by atomic mass is 9.70. The van der Waals surface area contributed by atoms with Crippen molar-refractivity contribution >= 4 is 35.8 Å². The molecule has 1 N–H and O–H groups in total. The van der Waals surface area contributed by atoms with Gasteiger partial charge in [-0.15, -0.1) is 24.8 Å². The normalized spacial score (nSPS) is 24.9. The Kier molecular flexibility index (Phi) is 9.11. The highest BCUT2D eigenvalue weighted by atomic mass is 35.5. The second kappa shape index (κ2) is 11.9. The molecule has 0 radical (unpaired) electrons. The fraction of sp³-hybridized carbons (Fsp3) is 0.567. The van der Waals surface area contributed by atoms with Gasteiger partial charge in [0.15, 0.2) is 0 Å². The molecule has 3 fully saturated rings. The largest absolute Gasteiger partial charge is 0.494 e. The van der Waals surface area contributed by atoms with Crippen LogP contribution in [0.15, 0.2) is 48.5 Å². The lowest BCUT2D eigenvalue weighted by Crippen LogP contribution is -2.47. The minimum Gasteiger partial charge on any atom is -0.494 e. The van der Waals surface area contributed by atoms with Crippen LogP contribution >= 0.6 is 24.8 Å². The average Bonchev–Trinajstić information content (AvgIpc) is 3.34. The molecule has 2 bridgehead atoms. The van der Waals surface area contributed by atoms with Gasteiger partial charge in [0, 0.05) is 18.1 Å². The standard InChI is InChI=1S/C30H40N4O.2ClH/c1-3-35-27-8-6-7-23(19-27)30(13-16-31-17-14-30)15-18-33-24-11-12-25(33)21-26(20-24)34-22(2)32-28-9-4-5-10-29(28)34;;/h4-10,19,24-26,31H,3,11-18,20-21H2,1-2H3;2*1H. The van der Waals surface area contributed by atoms with Gasteiger partial charge in [-0.3, -0.25) is 4.90 Å². The van der Waals surface area contributed by atoms with E-state index in [1.165, 1.54) is 68.4 Å². The fourth-order valence-electron chi connectivity index (χ4n) is 7.46. The van der Waals surface area contributed by atoms with Crippen LogP contribution in [-0.2, 0) is 5.41 Å². The Morgan fingerprint density at radius 1 is 0.973 bits per heavy atom. The molecule has 0 spiro atoms. The van der Waals surface area contributed by atoms with E-state index in [-0.39, 0.29) is 30.2 Å². The van der Waals surface area contributed by atoms with Gasteiger partial charge in [0.25, 0.3) is 0 Å². The smallest absolute Gasteiger partial charge is 0.119 e. The van der Waals surface area contributed by atoms with E-state index in [9.17, 15) is 0 Å². The van der Waals surface area contributed by atoms with Crippen LogP contribution in [0.4, 0.5) is 0 Å². The zero-order chi connectivity index (χ0) is 23.8. The van der Waals surface area contributed by atoms with E-state index in [4.69, 9.17) is 9.72 Å². The summed E-state index contributed by atoms with van der Waals surface area (Å²) < 4.78 is 8.42. The molecule has 3 aromatic rings. The maximum atomic E-state index is 5.87. The minimum atomic E-state index is 0.